The molecule has 1 N–H and O–H groups in total. The summed E-state index contributed by atoms with van der Waals surface area (Å²) < 4.78 is 5.04. The maximum Gasteiger partial charge on any atom is 0.269 e. The Morgan fingerprint density at radius 3 is 2.57 bits per heavy atom. The second-order valence-electron chi connectivity index (χ2n) is 4.90. The Balaban J connectivity index is 2.22. The molecule has 2 atom stereocenters. The molecule has 0 saturated carbocycles. The molecule has 2 rings (SSSR count). The summed E-state index contributed by atoms with van der Waals surface area (Å²) in [7, 11) is 1.59. The molecule has 1 fully saturated rings. The van der Waals surface area contributed by atoms with Crippen LogP contribution in [0, 0.1) is 10.1 Å². The van der Waals surface area contributed by atoms with Crippen molar-refractivity contribution in [3.05, 3.63) is 39.9 Å². The molecular weight excluding hydrogens is 274 g/mol. The predicted octanol–water partition coefficient (Wildman–Crippen LogP) is 1.45. The number of hydrogen-bond acceptors (Lipinski definition) is 5. The summed E-state index contributed by atoms with van der Waals surface area (Å²) >= 11 is 0. The lowest BCUT2D eigenvalue weighted by atomic mass is 10.1. The molecule has 1 aromatic carbocycles. The molecule has 21 heavy (non-hydrogen) atoms. The van der Waals surface area contributed by atoms with Gasteiger partial charge in [0.2, 0.25) is 5.91 Å². The van der Waals surface area contributed by atoms with E-state index in [-0.39, 0.29) is 23.8 Å². The largest absolute Gasteiger partial charge is 0.383 e. The van der Waals surface area contributed by atoms with Gasteiger partial charge in [-0.15, -0.1) is 0 Å². The first-order chi connectivity index (χ1) is 10.1. The van der Waals surface area contributed by atoms with E-state index in [9.17, 15) is 14.9 Å². The molecule has 1 aliphatic heterocycles. The van der Waals surface area contributed by atoms with Gasteiger partial charge in [0, 0.05) is 25.8 Å². The topological polar surface area (TPSA) is 84.7 Å². The van der Waals surface area contributed by atoms with Crippen molar-refractivity contribution in [1.82, 2.24) is 10.2 Å². The van der Waals surface area contributed by atoms with Crippen LogP contribution in [0.15, 0.2) is 24.3 Å². The van der Waals surface area contributed by atoms with Crippen LogP contribution < -0.4 is 5.32 Å². The van der Waals surface area contributed by atoms with Crippen LogP contribution in [0.25, 0.3) is 0 Å². The molecule has 7 heteroatoms. The van der Waals surface area contributed by atoms with Crippen molar-refractivity contribution in [3.63, 3.8) is 0 Å². The Labute approximate surface area is 123 Å². The van der Waals surface area contributed by atoms with Crippen molar-refractivity contribution in [2.24, 2.45) is 0 Å². The number of nitrogens with one attached hydrogen (secondary N) is 1. The van der Waals surface area contributed by atoms with Crippen LogP contribution >= 0.6 is 0 Å². The fourth-order valence-corrected chi connectivity index (χ4v) is 2.46. The van der Waals surface area contributed by atoms with E-state index in [4.69, 9.17) is 4.74 Å². The Morgan fingerprint density at radius 2 is 2.05 bits per heavy atom. The standard InChI is InChI=1S/C14H19N3O4/c1-3-12-14(18)16(8-9-21-2)13(15-12)10-4-6-11(7-5-10)17(19)20/h4-7,12-13,15H,3,8-9H2,1-2H3. The molecule has 0 aliphatic carbocycles. The Hall–Kier alpha value is -1.99. The van der Waals surface area contributed by atoms with Gasteiger partial charge in [0.05, 0.1) is 17.6 Å². The molecule has 0 aromatic heterocycles. The van der Waals surface area contributed by atoms with Gasteiger partial charge in [0.25, 0.3) is 5.69 Å². The third-order valence-electron chi connectivity index (χ3n) is 3.62. The Kier molecular flexibility index (Phi) is 4.87. The highest BCUT2D eigenvalue weighted by Gasteiger charge is 2.38. The molecule has 1 aliphatic rings. The third kappa shape index (κ3) is 3.20. The molecule has 2 unspecified atom stereocenters. The molecule has 0 spiro atoms. The van der Waals surface area contributed by atoms with E-state index in [1.807, 2.05) is 6.92 Å². The van der Waals surface area contributed by atoms with E-state index >= 15 is 0 Å². The molecule has 114 valence electrons. The molecule has 1 aromatic rings. The minimum absolute atomic E-state index is 0.0397. The molecular formula is C14H19N3O4. The van der Waals surface area contributed by atoms with Crippen LogP contribution in [0.2, 0.25) is 0 Å². The number of nitro groups is 1. The number of non-ortho nitro benzene ring substituents is 1. The molecule has 1 heterocycles. The summed E-state index contributed by atoms with van der Waals surface area (Å²) in [5, 5.41) is 14.0. The van der Waals surface area contributed by atoms with E-state index in [0.717, 1.165) is 5.56 Å². The minimum Gasteiger partial charge on any atom is -0.383 e. The molecule has 1 saturated heterocycles. The lowest BCUT2D eigenvalue weighted by molar-refractivity contribution is -0.384. The Bertz CT molecular complexity index is 517. The van der Waals surface area contributed by atoms with Crippen LogP contribution in [0.5, 0.6) is 0 Å². The van der Waals surface area contributed by atoms with E-state index in [1.54, 1.807) is 24.1 Å². The van der Waals surface area contributed by atoms with Crippen molar-refractivity contribution in [1.29, 1.82) is 0 Å². The van der Waals surface area contributed by atoms with Crippen LogP contribution in [0.4, 0.5) is 5.69 Å². The number of nitro benzene ring substituents is 1. The summed E-state index contributed by atoms with van der Waals surface area (Å²) in [4.78, 5) is 24.3. The first-order valence-electron chi connectivity index (χ1n) is 6.88. The smallest absolute Gasteiger partial charge is 0.269 e. The number of benzene rings is 1. The van der Waals surface area contributed by atoms with Gasteiger partial charge in [-0.05, 0) is 24.1 Å². The first-order valence-corrected chi connectivity index (χ1v) is 6.88. The van der Waals surface area contributed by atoms with Crippen molar-refractivity contribution in [2.45, 2.75) is 25.6 Å². The number of nitrogens with zero attached hydrogens (tertiary/aromatic N) is 2. The second-order valence-corrected chi connectivity index (χ2v) is 4.90. The summed E-state index contributed by atoms with van der Waals surface area (Å²) in [6, 6.07) is 6.05. The van der Waals surface area contributed by atoms with Crippen molar-refractivity contribution >= 4 is 11.6 Å². The fourth-order valence-electron chi connectivity index (χ4n) is 2.46. The Morgan fingerprint density at radius 1 is 1.38 bits per heavy atom. The number of amides is 1. The molecule has 1 amide bonds. The lowest BCUT2D eigenvalue weighted by Gasteiger charge is -2.24. The van der Waals surface area contributed by atoms with Gasteiger partial charge in [0.15, 0.2) is 0 Å². The van der Waals surface area contributed by atoms with Crippen molar-refractivity contribution in [3.8, 4) is 0 Å². The van der Waals surface area contributed by atoms with Gasteiger partial charge in [0.1, 0.15) is 6.17 Å². The summed E-state index contributed by atoms with van der Waals surface area (Å²) in [6.07, 6.45) is 0.435. The van der Waals surface area contributed by atoms with E-state index in [1.165, 1.54) is 12.1 Å². The van der Waals surface area contributed by atoms with Crippen molar-refractivity contribution < 1.29 is 14.5 Å². The van der Waals surface area contributed by atoms with Gasteiger partial charge in [-0.25, -0.2) is 0 Å². The zero-order valence-electron chi connectivity index (χ0n) is 12.1. The number of rotatable bonds is 6. The van der Waals surface area contributed by atoms with E-state index in [0.29, 0.717) is 19.6 Å². The highest BCUT2D eigenvalue weighted by molar-refractivity contribution is 5.84. The van der Waals surface area contributed by atoms with Gasteiger partial charge in [-0.1, -0.05) is 6.92 Å². The van der Waals surface area contributed by atoms with E-state index < -0.39 is 4.92 Å². The highest BCUT2D eigenvalue weighted by atomic mass is 16.6. The van der Waals surface area contributed by atoms with Crippen LogP contribution in [0.3, 0.4) is 0 Å². The van der Waals surface area contributed by atoms with Gasteiger partial charge in [-0.2, -0.15) is 0 Å². The predicted molar refractivity (Wildman–Crippen MR) is 76.6 cm³/mol. The van der Waals surface area contributed by atoms with Crippen molar-refractivity contribution in [2.75, 3.05) is 20.3 Å². The second kappa shape index (κ2) is 6.64. The first kappa shape index (κ1) is 15.4. The fraction of sp³-hybridized carbons (Fsp3) is 0.500. The van der Waals surface area contributed by atoms with Gasteiger partial charge >= 0.3 is 0 Å². The van der Waals surface area contributed by atoms with Crippen LogP contribution in [-0.2, 0) is 9.53 Å². The highest BCUT2D eigenvalue weighted by Crippen LogP contribution is 2.27. The average molecular weight is 293 g/mol. The van der Waals surface area contributed by atoms with Gasteiger partial charge in [-0.3, -0.25) is 20.2 Å². The molecule has 0 bridgehead atoms. The zero-order chi connectivity index (χ0) is 15.4. The molecule has 7 nitrogen and oxygen atoms in total. The number of carbonyl (C=O) groups is 1. The van der Waals surface area contributed by atoms with Crippen LogP contribution in [-0.4, -0.2) is 42.0 Å². The monoisotopic (exact) mass is 293 g/mol. The average Bonchev–Trinajstić information content (AvgIpc) is 2.81. The number of ether oxygens (including phenoxy) is 1. The quantitative estimate of drug-likeness (QED) is 0.634. The third-order valence-corrected chi connectivity index (χ3v) is 3.62. The SMILES string of the molecule is CCC1NC(c2ccc([N+](=O)[O-])cc2)N(CCOC)C1=O. The maximum atomic E-state index is 12.3. The summed E-state index contributed by atoms with van der Waals surface area (Å²) in [5.41, 5.74) is 0.875. The normalized spacial score (nSPS) is 21.8. The lowest BCUT2D eigenvalue weighted by Crippen LogP contribution is -2.33. The number of carbonyl (C=O) groups excluding carboxylic acids is 1. The zero-order valence-corrected chi connectivity index (χ0v) is 12.1. The minimum atomic E-state index is -0.436. The van der Waals surface area contributed by atoms with E-state index in [2.05, 4.69) is 5.32 Å². The number of hydrogen-bond donors (Lipinski definition) is 1. The number of methoxy groups -OCH3 is 1. The van der Waals surface area contributed by atoms with Gasteiger partial charge < -0.3 is 9.64 Å². The maximum absolute atomic E-state index is 12.3. The summed E-state index contributed by atoms with van der Waals surface area (Å²) in [5.74, 6) is 0.0397. The summed E-state index contributed by atoms with van der Waals surface area (Å²) in [6.45, 7) is 2.89. The molecule has 0 radical (unpaired) electrons. The van der Waals surface area contributed by atoms with Crippen LogP contribution in [0.1, 0.15) is 25.1 Å².